The summed E-state index contributed by atoms with van der Waals surface area (Å²) in [7, 11) is 0. The number of ether oxygens (including phenoxy) is 2. The quantitative estimate of drug-likeness (QED) is 0.477. The summed E-state index contributed by atoms with van der Waals surface area (Å²) in [5, 5.41) is 0. The molecular weight excluding hydrogens is 358 g/mol. The van der Waals surface area contributed by atoms with Crippen LogP contribution in [0.15, 0.2) is 0 Å². The Morgan fingerprint density at radius 2 is 1.30 bits per heavy atom. The molecule has 2 aliphatic heterocycles. The molecule has 0 amide bonds. The van der Waals surface area contributed by atoms with Crippen LogP contribution in [0.1, 0.15) is 0 Å². The van der Waals surface area contributed by atoms with E-state index in [1.807, 2.05) is 0 Å². The summed E-state index contributed by atoms with van der Waals surface area (Å²) in [6.07, 6.45) is 0.755. The number of hydrogen-bond donors (Lipinski definition) is 0. The van der Waals surface area contributed by atoms with Gasteiger partial charge in [0.25, 0.3) is 0 Å². The minimum absolute atomic E-state index is 0.377. The van der Waals surface area contributed by atoms with Gasteiger partial charge in [-0.25, -0.2) is 0 Å². The van der Waals surface area contributed by atoms with E-state index in [0.717, 1.165) is 13.2 Å². The smallest absolute Gasteiger partial charge is 0.0987 e. The van der Waals surface area contributed by atoms with Gasteiger partial charge >= 0.3 is 0 Å². The molecule has 10 heavy (non-hydrogen) atoms. The lowest BCUT2D eigenvalue weighted by Gasteiger charge is -2.09. The second-order valence-corrected chi connectivity index (χ2v) is 5.83. The van der Waals surface area contributed by atoms with Gasteiger partial charge in [-0.1, -0.05) is 45.2 Å². The van der Waals surface area contributed by atoms with Crippen LogP contribution in [0.4, 0.5) is 0 Å². The molecule has 0 N–H and O–H groups in total. The zero-order chi connectivity index (χ0) is 7.14. The Bertz CT molecular complexity index is 126. The van der Waals surface area contributed by atoms with Crippen LogP contribution in [0.5, 0.6) is 0 Å². The highest BCUT2D eigenvalue weighted by molar-refractivity contribution is 14.1. The van der Waals surface area contributed by atoms with Gasteiger partial charge in [-0.15, -0.1) is 0 Å². The van der Waals surface area contributed by atoms with Crippen molar-refractivity contribution in [1.29, 1.82) is 0 Å². The number of hydrogen-bond acceptors (Lipinski definition) is 2. The number of fused-ring (bicyclic) bond motifs is 1. The van der Waals surface area contributed by atoms with Crippen LogP contribution in [0.25, 0.3) is 0 Å². The van der Waals surface area contributed by atoms with Crippen molar-refractivity contribution < 1.29 is 9.47 Å². The molecule has 0 radical (unpaired) electrons. The first-order chi connectivity index (χ1) is 4.79. The molecular formula is C6H8I2O2. The van der Waals surface area contributed by atoms with Crippen molar-refractivity contribution in [2.45, 2.75) is 20.1 Å². The van der Waals surface area contributed by atoms with Crippen LogP contribution in [0.2, 0.25) is 0 Å². The molecule has 0 saturated carbocycles. The minimum Gasteiger partial charge on any atom is -0.373 e. The summed E-state index contributed by atoms with van der Waals surface area (Å²) in [4.78, 5) is 0. The molecule has 0 aromatic heterocycles. The highest BCUT2D eigenvalue weighted by atomic mass is 127. The highest BCUT2D eigenvalue weighted by Crippen LogP contribution is 2.34. The van der Waals surface area contributed by atoms with E-state index in [9.17, 15) is 0 Å². The van der Waals surface area contributed by atoms with E-state index in [0.29, 0.717) is 20.1 Å². The molecule has 2 heterocycles. The Morgan fingerprint density at radius 3 is 1.70 bits per heavy atom. The Balaban J connectivity index is 2.09. The van der Waals surface area contributed by atoms with Crippen LogP contribution < -0.4 is 0 Å². The Labute approximate surface area is 87.3 Å². The van der Waals surface area contributed by atoms with Gasteiger partial charge in [0, 0.05) is 0 Å². The molecule has 2 nitrogen and oxygen atoms in total. The Hall–Kier alpha value is 1.38. The number of alkyl halides is 2. The molecule has 4 atom stereocenters. The first-order valence-electron chi connectivity index (χ1n) is 3.30. The molecule has 2 fully saturated rings. The third kappa shape index (κ3) is 1.21. The average molecular weight is 366 g/mol. The molecule has 0 aromatic rings. The average Bonchev–Trinajstić information content (AvgIpc) is 2.41. The summed E-state index contributed by atoms with van der Waals surface area (Å²) >= 11 is 4.81. The molecule has 0 aliphatic carbocycles. The van der Waals surface area contributed by atoms with Gasteiger partial charge in [0.1, 0.15) is 0 Å². The van der Waals surface area contributed by atoms with Crippen LogP contribution >= 0.6 is 45.2 Å². The van der Waals surface area contributed by atoms with E-state index in [1.54, 1.807) is 0 Å². The van der Waals surface area contributed by atoms with Gasteiger partial charge < -0.3 is 9.47 Å². The third-order valence-corrected chi connectivity index (χ3v) is 4.07. The van der Waals surface area contributed by atoms with Crippen molar-refractivity contribution >= 4 is 45.2 Å². The fourth-order valence-corrected chi connectivity index (χ4v) is 3.05. The van der Waals surface area contributed by atoms with Crippen LogP contribution in [0, 0.1) is 0 Å². The van der Waals surface area contributed by atoms with Gasteiger partial charge in [-0.05, 0) is 0 Å². The van der Waals surface area contributed by atoms with Gasteiger partial charge in [0.05, 0.1) is 33.3 Å². The zero-order valence-corrected chi connectivity index (χ0v) is 9.61. The van der Waals surface area contributed by atoms with Crippen molar-refractivity contribution in [3.05, 3.63) is 0 Å². The predicted molar refractivity (Wildman–Crippen MR) is 55.1 cm³/mol. The number of rotatable bonds is 0. The van der Waals surface area contributed by atoms with Crippen molar-refractivity contribution in [2.24, 2.45) is 0 Å². The fraction of sp³-hybridized carbons (Fsp3) is 1.00. The second-order valence-electron chi connectivity index (χ2n) is 2.63. The van der Waals surface area contributed by atoms with Crippen LogP contribution in [-0.4, -0.2) is 33.3 Å². The fourth-order valence-electron chi connectivity index (χ4n) is 1.41. The molecule has 2 unspecified atom stereocenters. The molecule has 0 spiro atoms. The topological polar surface area (TPSA) is 18.5 Å². The monoisotopic (exact) mass is 366 g/mol. The summed E-state index contributed by atoms with van der Waals surface area (Å²) < 4.78 is 12.3. The summed E-state index contributed by atoms with van der Waals surface area (Å²) in [5.74, 6) is 0. The molecule has 4 heteroatoms. The molecule has 2 aliphatic rings. The van der Waals surface area contributed by atoms with Crippen molar-refractivity contribution in [3.8, 4) is 0 Å². The SMILES string of the molecule is I[C@@H]1COC2C1OC[C@H]2I. The lowest BCUT2D eigenvalue weighted by Crippen LogP contribution is -2.25. The summed E-state index contributed by atoms with van der Waals surface area (Å²) in [5.41, 5.74) is 0. The summed E-state index contributed by atoms with van der Waals surface area (Å²) in [6, 6.07) is 0. The van der Waals surface area contributed by atoms with Crippen LogP contribution in [0.3, 0.4) is 0 Å². The van der Waals surface area contributed by atoms with E-state index < -0.39 is 0 Å². The van der Waals surface area contributed by atoms with E-state index >= 15 is 0 Å². The van der Waals surface area contributed by atoms with Crippen molar-refractivity contribution in [2.75, 3.05) is 13.2 Å². The lowest BCUT2D eigenvalue weighted by atomic mass is 10.2. The van der Waals surface area contributed by atoms with E-state index in [1.165, 1.54) is 0 Å². The maximum Gasteiger partial charge on any atom is 0.0987 e. The zero-order valence-electron chi connectivity index (χ0n) is 5.30. The normalized spacial score (nSPS) is 53.4. The molecule has 58 valence electrons. The van der Waals surface area contributed by atoms with Gasteiger partial charge in [0.15, 0.2) is 0 Å². The van der Waals surface area contributed by atoms with Gasteiger partial charge in [-0.2, -0.15) is 0 Å². The molecule has 0 aromatic carbocycles. The maximum absolute atomic E-state index is 5.56. The molecule has 0 bridgehead atoms. The molecule has 2 rings (SSSR count). The van der Waals surface area contributed by atoms with Crippen molar-refractivity contribution in [3.63, 3.8) is 0 Å². The van der Waals surface area contributed by atoms with E-state index in [-0.39, 0.29) is 0 Å². The molecule has 2 saturated heterocycles. The Morgan fingerprint density at radius 1 is 0.900 bits per heavy atom. The maximum atomic E-state index is 5.56. The van der Waals surface area contributed by atoms with Gasteiger partial charge in [-0.3, -0.25) is 0 Å². The summed E-state index contributed by atoms with van der Waals surface area (Å²) in [6.45, 7) is 1.74. The predicted octanol–water partition coefficient (Wildman–Crippen LogP) is 1.39. The Kier molecular flexibility index (Phi) is 2.42. The second kappa shape index (κ2) is 3.02. The minimum atomic E-state index is 0.377. The number of halogens is 2. The largest absolute Gasteiger partial charge is 0.373 e. The van der Waals surface area contributed by atoms with E-state index in [2.05, 4.69) is 45.2 Å². The van der Waals surface area contributed by atoms with E-state index in [4.69, 9.17) is 9.47 Å². The highest BCUT2D eigenvalue weighted by Gasteiger charge is 2.45. The standard InChI is InChI=1S/C6H8I2O2/c7-3-1-9-6-4(8)2-10-5(3)6/h3-6H,1-2H2/t3-,4-,5?,6?/m1/s1. The first-order valence-corrected chi connectivity index (χ1v) is 5.79. The van der Waals surface area contributed by atoms with Crippen LogP contribution in [-0.2, 0) is 9.47 Å². The van der Waals surface area contributed by atoms with Crippen molar-refractivity contribution in [1.82, 2.24) is 0 Å². The third-order valence-electron chi connectivity index (χ3n) is 1.93. The lowest BCUT2D eigenvalue weighted by molar-refractivity contribution is 0.0754. The first kappa shape index (κ1) is 8.00. The van der Waals surface area contributed by atoms with Gasteiger partial charge in [0.2, 0.25) is 0 Å².